The molecule has 3 nitrogen and oxygen atoms in total. The number of carbonyl (C=O) groups excluding carboxylic acids is 2. The predicted molar refractivity (Wildman–Crippen MR) is 127 cm³/mol. The molecule has 2 aromatic rings. The summed E-state index contributed by atoms with van der Waals surface area (Å²) in [6.07, 6.45) is -11.0. The van der Waals surface area contributed by atoms with Gasteiger partial charge in [-0.2, -0.15) is 26.3 Å². The molecule has 0 bridgehead atoms. The summed E-state index contributed by atoms with van der Waals surface area (Å²) in [4.78, 5) is 27.2. The Morgan fingerprint density at radius 3 is 1.58 bits per heavy atom. The number of rotatable bonds is 7. The normalized spacial score (nSPS) is 14.4. The number of halogens is 6. The van der Waals surface area contributed by atoms with Gasteiger partial charge in [-0.15, -0.1) is 0 Å². The van der Waals surface area contributed by atoms with Gasteiger partial charge < -0.3 is 4.57 Å². The van der Waals surface area contributed by atoms with Gasteiger partial charge in [-0.25, -0.2) is 0 Å². The molecular weight excluding hydrogens is 505 g/mol. The Labute approximate surface area is 206 Å². The van der Waals surface area contributed by atoms with E-state index < -0.39 is 53.4 Å². The van der Waals surface area contributed by atoms with Crippen molar-refractivity contribution in [2.24, 2.45) is 0 Å². The molecule has 1 unspecified atom stereocenters. The van der Waals surface area contributed by atoms with Gasteiger partial charge in [0.25, 0.3) is 0 Å². The minimum Gasteiger partial charge on any atom is -0.307 e. The number of carbonyl (C=O) groups is 2. The third-order valence-electron chi connectivity index (χ3n) is 5.98. The maximum Gasteiger partial charge on any atom is 0.417 e. The fourth-order valence-electron chi connectivity index (χ4n) is 4.03. The summed E-state index contributed by atoms with van der Waals surface area (Å²) >= 11 is 0. The molecule has 2 rings (SSSR count). The van der Waals surface area contributed by atoms with Crippen LogP contribution in [-0.4, -0.2) is 17.2 Å². The first-order chi connectivity index (χ1) is 16.3. The number of unbranched alkanes of at least 4 members (excludes halogenated alkanes) is 1. The lowest BCUT2D eigenvalue weighted by Crippen LogP contribution is -2.23. The Hall–Kier alpha value is -2.41. The minimum atomic E-state index is -5.34. The quantitative estimate of drug-likeness (QED) is 0.264. The lowest BCUT2D eigenvalue weighted by Gasteiger charge is -2.25. The van der Waals surface area contributed by atoms with E-state index in [-0.39, 0.29) is 17.4 Å². The molecule has 36 heavy (non-hydrogen) atoms. The molecule has 0 saturated heterocycles. The molecule has 0 radical (unpaired) electrons. The first-order valence-electron chi connectivity index (χ1n) is 11.3. The highest BCUT2D eigenvalue weighted by molar-refractivity contribution is 7.95. The molecule has 0 aliphatic rings. The summed E-state index contributed by atoms with van der Waals surface area (Å²) in [5.74, 6) is 0. The highest BCUT2D eigenvalue weighted by Crippen LogP contribution is 2.56. The SMILES string of the molecule is CCCCP(=O)(C(=O)c1c(C)cc(C(C)(C)C)cc1C)C(=O)c1c(C(F)(F)F)cccc1C(F)(F)F. The van der Waals surface area contributed by atoms with Crippen molar-refractivity contribution in [2.45, 2.75) is 72.2 Å². The van der Waals surface area contributed by atoms with E-state index in [1.54, 1.807) is 19.1 Å². The first kappa shape index (κ1) is 29.8. The van der Waals surface area contributed by atoms with Crippen LogP contribution in [0.5, 0.6) is 0 Å². The topological polar surface area (TPSA) is 51.2 Å². The van der Waals surface area contributed by atoms with Gasteiger partial charge in [0.2, 0.25) is 18.2 Å². The van der Waals surface area contributed by atoms with Crippen LogP contribution in [0.4, 0.5) is 26.3 Å². The second kappa shape index (κ2) is 10.2. The Balaban J connectivity index is 2.86. The summed E-state index contributed by atoms with van der Waals surface area (Å²) in [5, 5.41) is 0. The second-order valence-corrected chi connectivity index (χ2v) is 12.6. The third-order valence-corrected chi connectivity index (χ3v) is 8.69. The molecule has 198 valence electrons. The van der Waals surface area contributed by atoms with Crippen LogP contribution in [0.2, 0.25) is 0 Å². The Kier molecular flexibility index (Phi) is 8.41. The maximum atomic E-state index is 14.1. The molecule has 0 aliphatic carbocycles. The van der Waals surface area contributed by atoms with E-state index in [1.165, 1.54) is 13.8 Å². The van der Waals surface area contributed by atoms with Gasteiger partial charge in [-0.3, -0.25) is 9.59 Å². The zero-order valence-corrected chi connectivity index (χ0v) is 21.8. The highest BCUT2D eigenvalue weighted by atomic mass is 31.2. The molecule has 0 spiro atoms. The van der Waals surface area contributed by atoms with Gasteiger partial charge in [0, 0.05) is 11.7 Å². The summed E-state index contributed by atoms with van der Waals surface area (Å²) < 4.78 is 96.5. The van der Waals surface area contributed by atoms with Crippen LogP contribution in [0.15, 0.2) is 30.3 Å². The predicted octanol–water partition coefficient (Wildman–Crippen LogP) is 8.78. The van der Waals surface area contributed by atoms with Crippen LogP contribution in [0, 0.1) is 13.8 Å². The lowest BCUT2D eigenvalue weighted by molar-refractivity contribution is -0.143. The average Bonchev–Trinajstić information content (AvgIpc) is 2.73. The molecule has 0 heterocycles. The molecule has 0 N–H and O–H groups in total. The van der Waals surface area contributed by atoms with Crippen molar-refractivity contribution >= 4 is 18.2 Å². The maximum absolute atomic E-state index is 14.1. The molecule has 0 aromatic heterocycles. The molecule has 10 heteroatoms. The van der Waals surface area contributed by atoms with Crippen LogP contribution in [0.25, 0.3) is 0 Å². The number of hydrogen-bond donors (Lipinski definition) is 0. The van der Waals surface area contributed by atoms with Gasteiger partial charge in [-0.1, -0.05) is 52.3 Å². The van der Waals surface area contributed by atoms with Crippen molar-refractivity contribution in [2.75, 3.05) is 6.16 Å². The van der Waals surface area contributed by atoms with Crippen molar-refractivity contribution in [1.82, 2.24) is 0 Å². The molecule has 0 amide bonds. The Morgan fingerprint density at radius 2 is 1.22 bits per heavy atom. The van der Waals surface area contributed by atoms with E-state index in [4.69, 9.17) is 0 Å². The standard InChI is InChI=1S/C26H29F6O3P/c1-7-8-12-36(35,22(33)20-15(2)13-17(14-16(20)3)24(4,5)6)23(34)21-18(25(27,28)29)10-9-11-19(21)26(30,31)32/h9-11,13-14H,7-8,12H2,1-6H3. The zero-order chi connectivity index (χ0) is 27.9. The van der Waals surface area contributed by atoms with Gasteiger partial charge in [-0.05, 0) is 54.5 Å². The fourth-order valence-corrected chi connectivity index (χ4v) is 6.69. The van der Waals surface area contributed by atoms with E-state index in [1.807, 2.05) is 20.8 Å². The van der Waals surface area contributed by atoms with Gasteiger partial charge in [0.1, 0.15) is 0 Å². The monoisotopic (exact) mass is 534 g/mol. The van der Waals surface area contributed by atoms with Crippen LogP contribution < -0.4 is 0 Å². The van der Waals surface area contributed by atoms with Crippen LogP contribution in [-0.2, 0) is 22.3 Å². The van der Waals surface area contributed by atoms with E-state index in [9.17, 15) is 40.5 Å². The number of hydrogen-bond acceptors (Lipinski definition) is 3. The van der Waals surface area contributed by atoms with E-state index >= 15 is 0 Å². The Bertz CT molecular complexity index is 1160. The highest BCUT2D eigenvalue weighted by Gasteiger charge is 2.49. The smallest absolute Gasteiger partial charge is 0.307 e. The summed E-state index contributed by atoms with van der Waals surface area (Å²) in [5.41, 5.74) is -7.59. The van der Waals surface area contributed by atoms with Crippen LogP contribution >= 0.6 is 7.14 Å². The fraction of sp³-hybridized carbons (Fsp3) is 0.462. The van der Waals surface area contributed by atoms with Crippen molar-refractivity contribution < 1.29 is 40.5 Å². The zero-order valence-electron chi connectivity index (χ0n) is 20.9. The number of benzene rings is 2. The molecule has 0 saturated carbocycles. The summed E-state index contributed by atoms with van der Waals surface area (Å²) in [6.45, 7) is 10.5. The van der Waals surface area contributed by atoms with Crippen LogP contribution in [0.3, 0.4) is 0 Å². The summed E-state index contributed by atoms with van der Waals surface area (Å²) in [6, 6.07) is 4.48. The number of aryl methyl sites for hydroxylation is 2. The van der Waals surface area contributed by atoms with Crippen molar-refractivity contribution in [3.05, 3.63) is 69.3 Å². The van der Waals surface area contributed by atoms with Crippen molar-refractivity contribution in [3.63, 3.8) is 0 Å². The van der Waals surface area contributed by atoms with Crippen LogP contribution in [0.1, 0.15) is 89.1 Å². The lowest BCUT2D eigenvalue weighted by atomic mass is 9.84. The second-order valence-electron chi connectivity index (χ2n) is 9.89. The van der Waals surface area contributed by atoms with Gasteiger partial charge in [0.15, 0.2) is 0 Å². The van der Waals surface area contributed by atoms with Crippen molar-refractivity contribution in [1.29, 1.82) is 0 Å². The molecule has 2 aromatic carbocycles. The molecule has 0 fully saturated rings. The molecule has 0 aliphatic heterocycles. The van der Waals surface area contributed by atoms with E-state index in [0.717, 1.165) is 5.56 Å². The summed E-state index contributed by atoms with van der Waals surface area (Å²) in [7, 11) is -4.94. The van der Waals surface area contributed by atoms with E-state index in [2.05, 4.69) is 0 Å². The minimum absolute atomic E-state index is 0.00244. The van der Waals surface area contributed by atoms with E-state index in [0.29, 0.717) is 35.7 Å². The average molecular weight is 534 g/mol. The Morgan fingerprint density at radius 1 is 0.806 bits per heavy atom. The first-order valence-corrected chi connectivity index (χ1v) is 13.2. The van der Waals surface area contributed by atoms with Crippen molar-refractivity contribution in [3.8, 4) is 0 Å². The van der Waals surface area contributed by atoms with Gasteiger partial charge >= 0.3 is 12.4 Å². The number of alkyl halides is 6. The molecular formula is C26H29F6O3P. The van der Waals surface area contributed by atoms with Gasteiger partial charge in [0.05, 0.1) is 16.7 Å². The third kappa shape index (κ3) is 5.93. The molecule has 1 atom stereocenters. The largest absolute Gasteiger partial charge is 0.417 e.